The molecular formula is C25H20F5N3O3. The van der Waals surface area contributed by atoms with Gasteiger partial charge < -0.3 is 15.0 Å². The Morgan fingerprint density at radius 1 is 1.11 bits per heavy atom. The number of fused-ring (bicyclic) bond motifs is 1. The molecule has 1 aliphatic heterocycles. The zero-order valence-corrected chi connectivity index (χ0v) is 19.0. The van der Waals surface area contributed by atoms with Crippen LogP contribution in [0.3, 0.4) is 0 Å². The van der Waals surface area contributed by atoms with Crippen molar-refractivity contribution in [2.45, 2.75) is 32.5 Å². The van der Waals surface area contributed by atoms with E-state index in [-0.39, 0.29) is 36.3 Å². The van der Waals surface area contributed by atoms with Crippen LogP contribution in [0.1, 0.15) is 29.3 Å². The molecule has 36 heavy (non-hydrogen) atoms. The van der Waals surface area contributed by atoms with Crippen LogP contribution in [0.15, 0.2) is 48.7 Å². The highest BCUT2D eigenvalue weighted by Crippen LogP contribution is 2.36. The van der Waals surface area contributed by atoms with Crippen LogP contribution in [0.4, 0.5) is 27.6 Å². The molecule has 1 N–H and O–H groups in total. The lowest BCUT2D eigenvalue weighted by Gasteiger charge is -2.28. The number of likely N-dealkylation sites (N-methyl/N-ethyl adjacent to an activating group) is 1. The van der Waals surface area contributed by atoms with Gasteiger partial charge >= 0.3 is 6.18 Å². The highest BCUT2D eigenvalue weighted by molar-refractivity contribution is 5.93. The third-order valence-electron chi connectivity index (χ3n) is 5.65. The van der Waals surface area contributed by atoms with E-state index in [1.165, 1.54) is 18.3 Å². The molecule has 0 bridgehead atoms. The molecule has 0 atom stereocenters. The predicted octanol–water partition coefficient (Wildman–Crippen LogP) is 5.26. The Labute approximate surface area is 202 Å². The third-order valence-corrected chi connectivity index (χ3v) is 5.65. The number of pyridine rings is 1. The summed E-state index contributed by atoms with van der Waals surface area (Å²) in [5, 5.41) is 2.10. The normalized spacial score (nSPS) is 13.4. The topological polar surface area (TPSA) is 71.5 Å². The summed E-state index contributed by atoms with van der Waals surface area (Å²) < 4.78 is 73.2. The summed E-state index contributed by atoms with van der Waals surface area (Å²) in [7, 11) is 0. The summed E-state index contributed by atoms with van der Waals surface area (Å²) in [5.41, 5.74) is -0.518. The van der Waals surface area contributed by atoms with E-state index in [2.05, 4.69) is 10.3 Å². The molecule has 0 fully saturated rings. The van der Waals surface area contributed by atoms with Crippen LogP contribution in [-0.2, 0) is 35.2 Å². The minimum Gasteiger partial charge on any atom is -0.454 e. The van der Waals surface area contributed by atoms with Crippen LogP contribution in [0, 0.1) is 11.6 Å². The molecule has 3 aromatic rings. The quantitative estimate of drug-likeness (QED) is 0.465. The number of alkyl halides is 3. The fraction of sp³-hybridized carbons (Fsp3) is 0.240. The molecule has 2 heterocycles. The van der Waals surface area contributed by atoms with Gasteiger partial charge in [0.1, 0.15) is 11.6 Å². The Balaban J connectivity index is 1.48. The first kappa shape index (κ1) is 25.1. The van der Waals surface area contributed by atoms with Gasteiger partial charge in [-0.2, -0.15) is 13.2 Å². The Bertz CT molecular complexity index is 1330. The van der Waals surface area contributed by atoms with Gasteiger partial charge in [-0.15, -0.1) is 0 Å². The smallest absolute Gasteiger partial charge is 0.418 e. The molecular weight excluding hydrogens is 485 g/mol. The van der Waals surface area contributed by atoms with Gasteiger partial charge in [-0.05, 0) is 48.9 Å². The van der Waals surface area contributed by atoms with E-state index in [0.29, 0.717) is 23.6 Å². The molecule has 11 heteroatoms. The van der Waals surface area contributed by atoms with E-state index < -0.39 is 41.4 Å². The fourth-order valence-electron chi connectivity index (χ4n) is 3.85. The summed E-state index contributed by atoms with van der Waals surface area (Å²) in [5.74, 6) is -2.58. The summed E-state index contributed by atoms with van der Waals surface area (Å²) in [6.45, 7) is 2.62. The van der Waals surface area contributed by atoms with Crippen molar-refractivity contribution < 1.29 is 36.3 Å². The number of amides is 2. The monoisotopic (exact) mass is 505 g/mol. The number of halogens is 5. The molecule has 0 unspecified atom stereocenters. The van der Waals surface area contributed by atoms with Gasteiger partial charge in [-0.3, -0.25) is 14.6 Å². The first-order valence-corrected chi connectivity index (χ1v) is 10.9. The van der Waals surface area contributed by atoms with E-state index in [1.54, 1.807) is 11.0 Å². The molecule has 0 aliphatic carbocycles. The third kappa shape index (κ3) is 5.45. The lowest BCUT2D eigenvalue weighted by molar-refractivity contribution is -0.137. The number of aromatic nitrogens is 1. The molecule has 0 spiro atoms. The van der Waals surface area contributed by atoms with E-state index in [9.17, 15) is 31.5 Å². The van der Waals surface area contributed by atoms with Crippen LogP contribution < -0.4 is 10.1 Å². The van der Waals surface area contributed by atoms with Crippen molar-refractivity contribution in [1.82, 2.24) is 9.88 Å². The molecule has 188 valence electrons. The molecule has 1 aromatic heterocycles. The molecule has 0 saturated carbocycles. The number of carbonyl (C=O) groups excluding carboxylic acids is 2. The average Bonchev–Trinajstić information content (AvgIpc) is 2.81. The number of nitrogens with zero attached hydrogens (tertiary/aromatic N) is 2. The van der Waals surface area contributed by atoms with E-state index in [0.717, 1.165) is 18.2 Å². The molecule has 2 aromatic carbocycles. The van der Waals surface area contributed by atoms with Crippen LogP contribution in [0.25, 0.3) is 0 Å². The molecule has 4 rings (SSSR count). The van der Waals surface area contributed by atoms with E-state index in [4.69, 9.17) is 4.74 Å². The minimum absolute atomic E-state index is 0.0635. The van der Waals surface area contributed by atoms with Gasteiger partial charge in [0.05, 0.1) is 36.3 Å². The van der Waals surface area contributed by atoms with Gasteiger partial charge in [-0.1, -0.05) is 6.07 Å². The van der Waals surface area contributed by atoms with Gasteiger partial charge in [-0.25, -0.2) is 8.78 Å². The van der Waals surface area contributed by atoms with Gasteiger partial charge in [0, 0.05) is 18.3 Å². The highest BCUT2D eigenvalue weighted by Gasteiger charge is 2.34. The second kappa shape index (κ2) is 9.92. The second-order valence-electron chi connectivity index (χ2n) is 8.10. The molecule has 1 aliphatic rings. The van der Waals surface area contributed by atoms with Gasteiger partial charge in [0.15, 0.2) is 11.6 Å². The number of hydrogen-bond acceptors (Lipinski definition) is 4. The molecule has 6 nitrogen and oxygen atoms in total. The van der Waals surface area contributed by atoms with Crippen molar-refractivity contribution in [1.29, 1.82) is 0 Å². The van der Waals surface area contributed by atoms with Crippen LogP contribution in [0.5, 0.6) is 11.5 Å². The fourth-order valence-corrected chi connectivity index (χ4v) is 3.85. The van der Waals surface area contributed by atoms with Crippen molar-refractivity contribution in [3.63, 3.8) is 0 Å². The predicted molar refractivity (Wildman–Crippen MR) is 119 cm³/mol. The zero-order valence-electron chi connectivity index (χ0n) is 19.0. The molecule has 0 saturated heterocycles. The summed E-state index contributed by atoms with van der Waals surface area (Å²) in [4.78, 5) is 30.3. The number of ether oxygens (including phenoxy) is 1. The highest BCUT2D eigenvalue weighted by atomic mass is 19.4. The van der Waals surface area contributed by atoms with Crippen LogP contribution in [0.2, 0.25) is 0 Å². The SMILES string of the molecule is CCN1Cc2c(Oc3ccc(CC(=O)Nc4ccc(F)cc4C(F)(F)F)cc3F)ccnc2CC1=O. The van der Waals surface area contributed by atoms with Crippen LogP contribution >= 0.6 is 0 Å². The number of benzene rings is 2. The summed E-state index contributed by atoms with van der Waals surface area (Å²) in [6.07, 6.45) is -3.72. The molecule has 0 radical (unpaired) electrons. The average molecular weight is 505 g/mol. The number of anilines is 1. The molecule has 2 amide bonds. The largest absolute Gasteiger partial charge is 0.454 e. The minimum atomic E-state index is -4.87. The van der Waals surface area contributed by atoms with Crippen molar-refractivity contribution in [3.05, 3.63) is 82.7 Å². The van der Waals surface area contributed by atoms with Crippen molar-refractivity contribution in [2.24, 2.45) is 0 Å². The van der Waals surface area contributed by atoms with Crippen molar-refractivity contribution >= 4 is 17.5 Å². The van der Waals surface area contributed by atoms with Gasteiger partial charge in [0.2, 0.25) is 11.8 Å². The Hall–Kier alpha value is -4.02. The Morgan fingerprint density at radius 2 is 1.89 bits per heavy atom. The Morgan fingerprint density at radius 3 is 2.58 bits per heavy atom. The Kier molecular flexibility index (Phi) is 6.91. The summed E-state index contributed by atoms with van der Waals surface area (Å²) >= 11 is 0. The van der Waals surface area contributed by atoms with Crippen molar-refractivity contribution in [2.75, 3.05) is 11.9 Å². The number of rotatable bonds is 6. The van der Waals surface area contributed by atoms with Gasteiger partial charge in [0.25, 0.3) is 0 Å². The van der Waals surface area contributed by atoms with Crippen LogP contribution in [-0.4, -0.2) is 28.2 Å². The maximum Gasteiger partial charge on any atom is 0.418 e. The lowest BCUT2D eigenvalue weighted by atomic mass is 10.0. The lowest BCUT2D eigenvalue weighted by Crippen LogP contribution is -2.36. The maximum atomic E-state index is 14.8. The summed E-state index contributed by atoms with van der Waals surface area (Å²) in [6, 6.07) is 7.21. The standard InChI is InChI=1S/C25H20F5N3O3/c1-2-33-13-16-20(12-24(33)35)31-8-7-21(16)36-22-6-3-14(9-18(22)27)10-23(34)32-19-5-4-15(26)11-17(19)25(28,29)30/h3-9,11H,2,10,12-13H2,1H3,(H,32,34). The zero-order chi connectivity index (χ0) is 26.0. The number of hydrogen-bond donors (Lipinski definition) is 1. The second-order valence-corrected chi connectivity index (χ2v) is 8.10. The maximum absolute atomic E-state index is 14.8. The first-order chi connectivity index (χ1) is 17.0. The number of nitrogens with one attached hydrogen (secondary N) is 1. The van der Waals surface area contributed by atoms with Crippen molar-refractivity contribution in [3.8, 4) is 11.5 Å². The van der Waals surface area contributed by atoms with E-state index in [1.807, 2.05) is 6.92 Å². The number of carbonyl (C=O) groups is 2. The first-order valence-electron chi connectivity index (χ1n) is 10.9. The van der Waals surface area contributed by atoms with E-state index >= 15 is 0 Å².